The fraction of sp³-hybridized carbons (Fsp3) is 0.111. The molecule has 2 aromatic rings. The van der Waals surface area contributed by atoms with Crippen LogP contribution >= 0.6 is 11.6 Å². The number of nitrogens with zero attached hydrogens (tertiary/aromatic N) is 3. The van der Waals surface area contributed by atoms with E-state index in [2.05, 4.69) is 11.1 Å². The first-order chi connectivity index (χ1) is 6.31. The zero-order valence-corrected chi connectivity index (χ0v) is 7.49. The molecule has 0 aliphatic rings. The topological polar surface area (TPSA) is 41.6 Å². The first-order valence-electron chi connectivity index (χ1n) is 3.78. The third-order valence-electron chi connectivity index (χ3n) is 1.81. The van der Waals surface area contributed by atoms with Crippen LogP contribution in [0.5, 0.6) is 0 Å². The van der Waals surface area contributed by atoms with Gasteiger partial charge in [-0.05, 0) is 12.1 Å². The minimum Gasteiger partial charge on any atom is -0.319 e. The van der Waals surface area contributed by atoms with Crippen LogP contribution in [0.15, 0.2) is 24.5 Å². The van der Waals surface area contributed by atoms with Crippen LogP contribution in [-0.4, -0.2) is 9.55 Å². The first kappa shape index (κ1) is 8.09. The van der Waals surface area contributed by atoms with Gasteiger partial charge in [-0.15, -0.1) is 0 Å². The van der Waals surface area contributed by atoms with Gasteiger partial charge in [0.25, 0.3) is 0 Å². The molecule has 0 radical (unpaired) electrons. The Morgan fingerprint density at radius 2 is 2.46 bits per heavy atom. The highest BCUT2D eigenvalue weighted by Gasteiger charge is 2.01. The fourth-order valence-electron chi connectivity index (χ4n) is 1.25. The molecule has 0 unspecified atom stereocenters. The van der Waals surface area contributed by atoms with Crippen LogP contribution in [0.1, 0.15) is 0 Å². The molecule has 0 saturated heterocycles. The molecular weight excluding hydrogens is 186 g/mol. The Kier molecular flexibility index (Phi) is 1.91. The van der Waals surface area contributed by atoms with Crippen molar-refractivity contribution < 1.29 is 0 Å². The maximum absolute atomic E-state index is 8.53. The van der Waals surface area contributed by atoms with Crippen molar-refractivity contribution in [2.24, 2.45) is 0 Å². The number of pyridine rings is 1. The highest BCUT2D eigenvalue weighted by molar-refractivity contribution is 6.31. The minimum absolute atomic E-state index is 0.318. The van der Waals surface area contributed by atoms with E-state index in [1.165, 1.54) is 0 Å². The molecule has 0 fully saturated rings. The van der Waals surface area contributed by atoms with Crippen molar-refractivity contribution in [1.82, 2.24) is 9.55 Å². The smallest absolute Gasteiger partial charge is 0.140 e. The van der Waals surface area contributed by atoms with Gasteiger partial charge in [-0.1, -0.05) is 11.6 Å². The molecule has 0 N–H and O–H groups in total. The Balaban J connectivity index is 2.63. The van der Waals surface area contributed by atoms with Crippen LogP contribution < -0.4 is 0 Å². The molecule has 4 heteroatoms. The highest BCUT2D eigenvalue weighted by Crippen LogP contribution is 2.17. The normalized spacial score (nSPS) is 10.2. The van der Waals surface area contributed by atoms with E-state index in [4.69, 9.17) is 16.9 Å². The SMILES string of the molecule is N#CCn1ccc2cc(Cl)cnc21. The van der Waals surface area contributed by atoms with E-state index in [1.54, 1.807) is 10.8 Å². The van der Waals surface area contributed by atoms with Gasteiger partial charge in [-0.2, -0.15) is 5.26 Å². The van der Waals surface area contributed by atoms with Crippen molar-refractivity contribution in [3.05, 3.63) is 29.5 Å². The number of aromatic nitrogens is 2. The number of hydrogen-bond donors (Lipinski definition) is 0. The second kappa shape index (κ2) is 3.08. The maximum Gasteiger partial charge on any atom is 0.140 e. The van der Waals surface area contributed by atoms with E-state index in [1.807, 2.05) is 18.3 Å². The zero-order valence-electron chi connectivity index (χ0n) is 6.74. The molecule has 2 rings (SSSR count). The third kappa shape index (κ3) is 1.36. The summed E-state index contributed by atoms with van der Waals surface area (Å²) < 4.78 is 1.78. The molecule has 0 aliphatic carbocycles. The Morgan fingerprint density at radius 1 is 1.62 bits per heavy atom. The molecule has 0 saturated carbocycles. The number of halogens is 1. The van der Waals surface area contributed by atoms with E-state index in [0.717, 1.165) is 11.0 Å². The van der Waals surface area contributed by atoms with Crippen LogP contribution in [0.4, 0.5) is 0 Å². The summed E-state index contributed by atoms with van der Waals surface area (Å²) in [5, 5.41) is 10.1. The summed E-state index contributed by atoms with van der Waals surface area (Å²) in [6, 6.07) is 5.79. The van der Waals surface area contributed by atoms with E-state index in [0.29, 0.717) is 11.6 Å². The first-order valence-corrected chi connectivity index (χ1v) is 4.16. The largest absolute Gasteiger partial charge is 0.319 e. The molecule has 3 nitrogen and oxygen atoms in total. The van der Waals surface area contributed by atoms with Crippen LogP contribution in [0.25, 0.3) is 11.0 Å². The molecule has 0 atom stereocenters. The molecule has 0 spiro atoms. The second-order valence-electron chi connectivity index (χ2n) is 2.67. The van der Waals surface area contributed by atoms with E-state index >= 15 is 0 Å². The number of nitriles is 1. The van der Waals surface area contributed by atoms with Crippen LogP contribution in [0.3, 0.4) is 0 Å². The molecule has 2 aromatic heterocycles. The summed E-state index contributed by atoms with van der Waals surface area (Å²) in [5.41, 5.74) is 0.797. The molecule has 0 bridgehead atoms. The summed E-state index contributed by atoms with van der Waals surface area (Å²) in [6.45, 7) is 0.318. The fourth-order valence-corrected chi connectivity index (χ4v) is 1.42. The molecule has 2 heterocycles. The molecule has 64 valence electrons. The third-order valence-corrected chi connectivity index (χ3v) is 2.02. The van der Waals surface area contributed by atoms with E-state index in [-0.39, 0.29) is 0 Å². The Hall–Kier alpha value is -1.53. The quantitative estimate of drug-likeness (QED) is 0.694. The van der Waals surface area contributed by atoms with Crippen LogP contribution in [-0.2, 0) is 6.54 Å². The maximum atomic E-state index is 8.53. The van der Waals surface area contributed by atoms with Crippen LogP contribution in [0.2, 0.25) is 5.02 Å². The minimum atomic E-state index is 0.318. The summed E-state index contributed by atoms with van der Waals surface area (Å²) in [4.78, 5) is 4.14. The Bertz CT molecular complexity index is 481. The molecular formula is C9H6ClN3. The second-order valence-corrected chi connectivity index (χ2v) is 3.10. The lowest BCUT2D eigenvalue weighted by atomic mass is 10.3. The van der Waals surface area contributed by atoms with Gasteiger partial charge in [0.05, 0.1) is 11.1 Å². The molecule has 0 aromatic carbocycles. The molecule has 0 aliphatic heterocycles. The standard InChI is InChI=1S/C9H6ClN3/c10-8-5-7-1-3-13(4-2-11)9(7)12-6-8/h1,3,5-6H,4H2. The van der Waals surface area contributed by atoms with Crippen molar-refractivity contribution in [3.63, 3.8) is 0 Å². The average Bonchev–Trinajstić information content (AvgIpc) is 2.49. The van der Waals surface area contributed by atoms with Gasteiger partial charge in [0.2, 0.25) is 0 Å². The number of hydrogen-bond acceptors (Lipinski definition) is 2. The average molecular weight is 192 g/mol. The predicted molar refractivity (Wildman–Crippen MR) is 50.4 cm³/mol. The van der Waals surface area contributed by atoms with E-state index < -0.39 is 0 Å². The summed E-state index contributed by atoms with van der Waals surface area (Å²) >= 11 is 5.77. The summed E-state index contributed by atoms with van der Waals surface area (Å²) in [5.74, 6) is 0. The van der Waals surface area contributed by atoms with E-state index in [9.17, 15) is 0 Å². The molecule has 0 amide bonds. The van der Waals surface area contributed by atoms with Crippen molar-refractivity contribution in [1.29, 1.82) is 5.26 Å². The highest BCUT2D eigenvalue weighted by atomic mass is 35.5. The Morgan fingerprint density at radius 3 is 3.23 bits per heavy atom. The van der Waals surface area contributed by atoms with Gasteiger partial charge < -0.3 is 4.57 Å². The summed E-state index contributed by atoms with van der Waals surface area (Å²) in [7, 11) is 0. The lowest BCUT2D eigenvalue weighted by molar-refractivity contribution is 0.861. The van der Waals surface area contributed by atoms with Gasteiger partial charge in [-0.3, -0.25) is 0 Å². The van der Waals surface area contributed by atoms with Crippen molar-refractivity contribution in [2.75, 3.05) is 0 Å². The summed E-state index contributed by atoms with van der Waals surface area (Å²) in [6.07, 6.45) is 3.41. The predicted octanol–water partition coefficient (Wildman–Crippen LogP) is 2.21. The van der Waals surface area contributed by atoms with Crippen molar-refractivity contribution in [2.45, 2.75) is 6.54 Å². The van der Waals surface area contributed by atoms with Gasteiger partial charge in [0, 0.05) is 17.8 Å². The number of rotatable bonds is 1. The monoisotopic (exact) mass is 191 g/mol. The lowest BCUT2D eigenvalue weighted by Gasteiger charge is -1.96. The van der Waals surface area contributed by atoms with Crippen LogP contribution in [0, 0.1) is 11.3 Å². The zero-order chi connectivity index (χ0) is 9.26. The van der Waals surface area contributed by atoms with Gasteiger partial charge in [0.1, 0.15) is 12.2 Å². The van der Waals surface area contributed by atoms with Gasteiger partial charge >= 0.3 is 0 Å². The Labute approximate surface area is 80.2 Å². The van der Waals surface area contributed by atoms with Crippen molar-refractivity contribution >= 4 is 22.6 Å². The number of fused-ring (bicyclic) bond motifs is 1. The van der Waals surface area contributed by atoms with Gasteiger partial charge in [-0.25, -0.2) is 4.98 Å². The van der Waals surface area contributed by atoms with Gasteiger partial charge in [0.15, 0.2) is 0 Å². The van der Waals surface area contributed by atoms with Crippen molar-refractivity contribution in [3.8, 4) is 6.07 Å². The molecule has 13 heavy (non-hydrogen) atoms. The lowest BCUT2D eigenvalue weighted by Crippen LogP contribution is -1.93.